The van der Waals surface area contributed by atoms with Crippen LogP contribution in [-0.4, -0.2) is 128 Å². The maximum absolute atomic E-state index is 14.6. The van der Waals surface area contributed by atoms with Gasteiger partial charge in [0.1, 0.15) is 23.4 Å². The van der Waals surface area contributed by atoms with Gasteiger partial charge in [-0.05, 0) is 45.9 Å². The van der Waals surface area contributed by atoms with Crippen LogP contribution in [0.15, 0.2) is 71.6 Å². The molecular weight excluding hydrogens is 877 g/mol. The van der Waals surface area contributed by atoms with Crippen LogP contribution in [0.1, 0.15) is 94.2 Å². The van der Waals surface area contributed by atoms with Crippen LogP contribution in [0.25, 0.3) is 10.8 Å². The molecule has 17 heteroatoms. The van der Waals surface area contributed by atoms with Crippen molar-refractivity contribution < 1.29 is 63.7 Å². The van der Waals surface area contributed by atoms with E-state index in [1.54, 1.807) is 74.0 Å². The molecule has 17 nitrogen and oxygen atoms in total. The average molecular weight is 941 g/mol. The van der Waals surface area contributed by atoms with Crippen LogP contribution in [0, 0.1) is 30.6 Å². The van der Waals surface area contributed by atoms with Gasteiger partial charge in [-0.1, -0.05) is 64.1 Å². The number of carbonyl (C=O) groups is 4. The number of carbonyl (C=O) groups excluding carboxylic acids is 4. The molecule has 0 saturated carbocycles. The summed E-state index contributed by atoms with van der Waals surface area (Å²) in [6, 6.07) is 8.30. The third kappa shape index (κ3) is 9.78. The Morgan fingerprint density at radius 3 is 2.15 bits per heavy atom. The lowest BCUT2D eigenvalue weighted by Crippen LogP contribution is -2.57. The predicted octanol–water partition coefficient (Wildman–Crippen LogP) is 6.32. The Balaban J connectivity index is 1.48. The number of ketones is 1. The van der Waals surface area contributed by atoms with E-state index < -0.39 is 88.8 Å². The summed E-state index contributed by atoms with van der Waals surface area (Å²) in [6.45, 7) is 16.8. The number of esters is 1. The van der Waals surface area contributed by atoms with Crippen molar-refractivity contribution in [3.63, 3.8) is 0 Å². The number of aliphatic hydroxyl groups is 2. The molecule has 4 heterocycles. The Kier molecular flexibility index (Phi) is 15.3. The van der Waals surface area contributed by atoms with Crippen molar-refractivity contribution in [2.24, 2.45) is 28.8 Å². The van der Waals surface area contributed by atoms with Crippen molar-refractivity contribution in [3.8, 4) is 23.0 Å². The molecule has 0 aliphatic carbocycles. The molecule has 5 bridgehead atoms. The number of fused-ring (bicyclic) bond motifs is 14. The van der Waals surface area contributed by atoms with Crippen molar-refractivity contribution in [1.29, 1.82) is 0 Å². The van der Waals surface area contributed by atoms with Crippen LogP contribution >= 0.6 is 0 Å². The highest BCUT2D eigenvalue weighted by molar-refractivity contribution is 6.24. The van der Waals surface area contributed by atoms with Gasteiger partial charge in [-0.2, -0.15) is 5.10 Å². The number of amides is 2. The van der Waals surface area contributed by atoms with Gasteiger partial charge >= 0.3 is 11.8 Å². The van der Waals surface area contributed by atoms with E-state index >= 15 is 0 Å². The van der Waals surface area contributed by atoms with Crippen LogP contribution in [0.4, 0.5) is 5.69 Å². The maximum atomic E-state index is 14.6. The van der Waals surface area contributed by atoms with Gasteiger partial charge in [0.05, 0.1) is 66.1 Å². The summed E-state index contributed by atoms with van der Waals surface area (Å²) in [6.07, 6.45) is 4.62. The van der Waals surface area contributed by atoms with Gasteiger partial charge in [-0.15, -0.1) is 0 Å². The first kappa shape index (κ1) is 51.0. The second kappa shape index (κ2) is 20.4. The summed E-state index contributed by atoms with van der Waals surface area (Å²) in [5, 5.41) is 67.6. The largest absolute Gasteiger partial charge is 0.507 e. The number of hydrogen-bond donors (Lipinski definition) is 6. The van der Waals surface area contributed by atoms with Crippen molar-refractivity contribution in [2.45, 2.75) is 112 Å². The quantitative estimate of drug-likeness (QED) is 0.0711. The molecule has 0 aromatic heterocycles. The highest BCUT2D eigenvalue weighted by Crippen LogP contribution is 2.55. The number of benzene rings is 3. The van der Waals surface area contributed by atoms with Crippen molar-refractivity contribution in [1.82, 2.24) is 9.91 Å². The number of anilines is 1. The molecule has 2 unspecified atom stereocenters. The Labute approximate surface area is 396 Å². The van der Waals surface area contributed by atoms with E-state index in [-0.39, 0.29) is 75.6 Å². The zero-order valence-electron chi connectivity index (χ0n) is 40.4. The topological polar surface area (TPSA) is 237 Å². The molecule has 1 fully saturated rings. The van der Waals surface area contributed by atoms with Gasteiger partial charge < -0.3 is 54.7 Å². The standard InChI is InChI=1S/C51H64N4O13/c1-25-16-15-17-26(2)49(63)53-40-35(22-52-54-23-27(3)55(28(4)24-54)50(64)34-18-13-12-14-19-34)44(60)37-38(45(40)61)43(59)32(8)47-39(37)48(62)51(10,68-47)66-21-20-36(65-11)29(5)46(67-33(9)56)31(7)42(58)30(6)41(25)57/h12-22,25,27-31,36,41-42,46,57-61H,23-24H2,1-11H3,(H,53,63)/b16-15+,21-20+,26-17-,52-22+/t25-,27?,28?,29+,30+,31+,36-,41-,42+,46+,51-/m0/s1. The molecule has 1 saturated heterocycles. The third-order valence-corrected chi connectivity index (χ3v) is 13.5. The van der Waals surface area contributed by atoms with Crippen LogP contribution in [0.5, 0.6) is 23.0 Å². The lowest BCUT2D eigenvalue weighted by atomic mass is 9.78. The van der Waals surface area contributed by atoms with E-state index in [4.69, 9.17) is 18.9 Å². The van der Waals surface area contributed by atoms with Gasteiger partial charge in [0.2, 0.25) is 0 Å². The Hall–Kier alpha value is -6.43. The van der Waals surface area contributed by atoms with Gasteiger partial charge in [-0.3, -0.25) is 24.2 Å². The molecular formula is C51H64N4O13. The maximum Gasteiger partial charge on any atom is 0.312 e. The Morgan fingerprint density at radius 1 is 0.882 bits per heavy atom. The number of hydrogen-bond acceptors (Lipinski definition) is 15. The van der Waals surface area contributed by atoms with Crippen LogP contribution in [0.3, 0.4) is 0 Å². The fourth-order valence-electron chi connectivity index (χ4n) is 9.53. The number of nitrogens with zero attached hydrogens (tertiary/aromatic N) is 3. The second-order valence-corrected chi connectivity index (χ2v) is 18.5. The summed E-state index contributed by atoms with van der Waals surface area (Å²) in [5.74, 6) is -8.94. The first-order chi connectivity index (χ1) is 32.0. The number of methoxy groups -OCH3 is 1. The second-order valence-electron chi connectivity index (χ2n) is 18.5. The number of phenolic OH excluding ortho intramolecular Hbond substituents is 3. The summed E-state index contributed by atoms with van der Waals surface area (Å²) < 4.78 is 23.7. The fraction of sp³-hybridized carbons (Fsp3) is 0.471. The summed E-state index contributed by atoms with van der Waals surface area (Å²) in [5.41, 5.74) is -0.0701. The number of phenols is 3. The number of Topliss-reactive ketones (excluding diaryl/α,β-unsaturated/α-hetero) is 1. The number of ether oxygens (including phenoxy) is 4. The molecule has 0 spiro atoms. The summed E-state index contributed by atoms with van der Waals surface area (Å²) in [7, 11) is 1.43. The number of allylic oxidation sites excluding steroid dienone is 2. The zero-order valence-corrected chi connectivity index (χ0v) is 40.4. The molecule has 6 N–H and O–H groups in total. The lowest BCUT2D eigenvalue weighted by Gasteiger charge is -2.43. The Morgan fingerprint density at radius 2 is 1.53 bits per heavy atom. The molecule has 2 amide bonds. The predicted molar refractivity (Wildman–Crippen MR) is 255 cm³/mol. The molecule has 4 aliphatic heterocycles. The molecule has 7 rings (SSSR count). The van der Waals surface area contributed by atoms with Crippen LogP contribution in [-0.2, 0) is 23.8 Å². The molecule has 366 valence electrons. The lowest BCUT2D eigenvalue weighted by molar-refractivity contribution is -0.160. The summed E-state index contributed by atoms with van der Waals surface area (Å²) in [4.78, 5) is 56.3. The monoisotopic (exact) mass is 940 g/mol. The Bertz CT molecular complexity index is 2550. The van der Waals surface area contributed by atoms with E-state index in [1.807, 2.05) is 19.9 Å². The molecule has 0 radical (unpaired) electrons. The normalized spacial score (nSPS) is 31.2. The van der Waals surface area contributed by atoms with Crippen molar-refractivity contribution in [3.05, 3.63) is 88.7 Å². The van der Waals surface area contributed by atoms with Crippen molar-refractivity contribution in [2.75, 3.05) is 25.5 Å². The van der Waals surface area contributed by atoms with Crippen LogP contribution in [0.2, 0.25) is 0 Å². The van der Waals surface area contributed by atoms with E-state index in [0.717, 1.165) is 0 Å². The molecule has 11 atom stereocenters. The number of piperazine rings is 1. The van der Waals surface area contributed by atoms with E-state index in [2.05, 4.69) is 10.4 Å². The minimum absolute atomic E-state index is 0.0221. The number of rotatable bonds is 5. The van der Waals surface area contributed by atoms with E-state index in [1.165, 1.54) is 59.4 Å². The van der Waals surface area contributed by atoms with Gasteiger partial charge in [0.15, 0.2) is 5.75 Å². The number of aliphatic hydroxyl groups excluding tert-OH is 2. The first-order valence-electron chi connectivity index (χ1n) is 22.8. The average Bonchev–Trinajstić information content (AvgIpc) is 3.56. The van der Waals surface area contributed by atoms with Gasteiger partial charge in [0, 0.05) is 78.8 Å². The van der Waals surface area contributed by atoms with E-state index in [0.29, 0.717) is 5.56 Å². The van der Waals surface area contributed by atoms with Crippen molar-refractivity contribution >= 4 is 46.2 Å². The number of nitrogens with one attached hydrogen (secondary N) is 1. The third-order valence-electron chi connectivity index (χ3n) is 13.5. The van der Waals surface area contributed by atoms with Gasteiger partial charge in [0.25, 0.3) is 17.6 Å². The highest BCUT2D eigenvalue weighted by Gasteiger charge is 2.50. The minimum atomic E-state index is -2.09. The number of aromatic hydroxyl groups is 3. The SMILES string of the molecule is CO[C@H]1/C=C/O[C@@]2(C)Oc3c(C)c(O)c4c(O)c(c(/C=N/N5CC(C)N(C(=O)c6ccccc6)C(C)C5)c(O)c4c3C2=O)NC(=O)/C(C)=C\C=C\[C@H](C)[C@H](O)[C@@H](C)[C@@H](O)[C@@H](C)[C@H](OC(C)=O)[C@@H]1C. The highest BCUT2D eigenvalue weighted by atomic mass is 16.7. The van der Waals surface area contributed by atoms with Crippen LogP contribution < -0.4 is 10.1 Å². The number of hydrazone groups is 1. The molecule has 4 aliphatic rings. The molecule has 3 aromatic carbocycles. The van der Waals surface area contributed by atoms with E-state index in [9.17, 15) is 44.7 Å². The fourth-order valence-corrected chi connectivity index (χ4v) is 9.53. The smallest absolute Gasteiger partial charge is 0.312 e. The van der Waals surface area contributed by atoms with Gasteiger partial charge in [-0.25, -0.2) is 0 Å². The zero-order chi connectivity index (χ0) is 50.1. The minimum Gasteiger partial charge on any atom is -0.507 e. The molecule has 3 aromatic rings. The summed E-state index contributed by atoms with van der Waals surface area (Å²) >= 11 is 0. The first-order valence-corrected chi connectivity index (χ1v) is 22.8. The molecule has 68 heavy (non-hydrogen) atoms.